The number of aromatic nitrogens is 1. The third kappa shape index (κ3) is 3.35. The topological polar surface area (TPSA) is 53.4 Å². The lowest BCUT2D eigenvalue weighted by Crippen LogP contribution is -2.35. The molecule has 0 saturated heterocycles. The standard InChI is InChI=1S/C24H18F2N2O2S/c1-13-24(18-9-15(25)4-7-21(18)28(13)11-23(29)30)19-12-31-22-8-14(2-5-17(19)22)20-6-3-16(26)10-27-20/h2-6,8-10,12,21H,7,11H2,1H3,(H,29,30). The van der Waals surface area contributed by atoms with Crippen molar-refractivity contribution in [3.8, 4) is 11.3 Å². The summed E-state index contributed by atoms with van der Waals surface area (Å²) in [5.41, 5.74) is 5.09. The van der Waals surface area contributed by atoms with Gasteiger partial charge in [-0.05, 0) is 54.6 Å². The molecule has 1 aliphatic carbocycles. The number of halogens is 2. The van der Waals surface area contributed by atoms with Crippen molar-refractivity contribution >= 4 is 33.0 Å². The lowest BCUT2D eigenvalue weighted by Gasteiger charge is -2.28. The monoisotopic (exact) mass is 436 g/mol. The van der Waals surface area contributed by atoms with Gasteiger partial charge in [-0.25, -0.2) is 8.78 Å². The highest BCUT2D eigenvalue weighted by molar-refractivity contribution is 7.17. The molecule has 1 unspecified atom stereocenters. The second kappa shape index (κ2) is 7.42. The first-order chi connectivity index (χ1) is 14.9. The summed E-state index contributed by atoms with van der Waals surface area (Å²) in [5, 5.41) is 12.4. The number of thiophene rings is 1. The van der Waals surface area contributed by atoms with E-state index in [9.17, 15) is 18.7 Å². The number of carbonyl (C=O) groups is 1. The van der Waals surface area contributed by atoms with Crippen molar-refractivity contribution in [1.29, 1.82) is 0 Å². The Labute approximate surface area is 181 Å². The summed E-state index contributed by atoms with van der Waals surface area (Å²) in [5.74, 6) is -1.59. The molecule has 2 aliphatic rings. The maximum atomic E-state index is 14.1. The van der Waals surface area contributed by atoms with E-state index < -0.39 is 5.97 Å². The van der Waals surface area contributed by atoms with Crippen LogP contribution in [0, 0.1) is 5.82 Å². The average Bonchev–Trinajstić information content (AvgIpc) is 3.26. The maximum Gasteiger partial charge on any atom is 0.323 e. The molecular formula is C24H18F2N2O2S. The summed E-state index contributed by atoms with van der Waals surface area (Å²) in [4.78, 5) is 17.4. The number of hydrogen-bond donors (Lipinski definition) is 1. The summed E-state index contributed by atoms with van der Waals surface area (Å²) in [6.07, 6.45) is 4.66. The maximum absolute atomic E-state index is 14.1. The van der Waals surface area contributed by atoms with E-state index >= 15 is 0 Å². The van der Waals surface area contributed by atoms with E-state index in [1.807, 2.05) is 35.4 Å². The summed E-state index contributed by atoms with van der Waals surface area (Å²) in [6, 6.07) is 8.79. The Bertz CT molecular complexity index is 1300. The number of fused-ring (bicyclic) bond motifs is 2. The molecule has 0 amide bonds. The van der Waals surface area contributed by atoms with E-state index in [1.54, 1.807) is 17.4 Å². The largest absolute Gasteiger partial charge is 0.480 e. The Morgan fingerprint density at radius 2 is 2.13 bits per heavy atom. The second-order valence-electron chi connectivity index (χ2n) is 7.64. The Morgan fingerprint density at radius 3 is 2.87 bits per heavy atom. The highest BCUT2D eigenvalue weighted by Gasteiger charge is 2.37. The second-order valence-corrected chi connectivity index (χ2v) is 8.56. The molecule has 31 heavy (non-hydrogen) atoms. The number of benzene rings is 1. The molecule has 0 fully saturated rings. The van der Waals surface area contributed by atoms with Gasteiger partial charge in [-0.3, -0.25) is 9.78 Å². The molecular weight excluding hydrogens is 418 g/mol. The van der Waals surface area contributed by atoms with Crippen LogP contribution in [0.15, 0.2) is 71.2 Å². The van der Waals surface area contributed by atoms with Gasteiger partial charge in [0.15, 0.2) is 0 Å². The Kier molecular flexibility index (Phi) is 4.70. The first-order valence-electron chi connectivity index (χ1n) is 9.83. The van der Waals surface area contributed by atoms with Crippen LogP contribution in [0.3, 0.4) is 0 Å². The zero-order valence-corrected chi connectivity index (χ0v) is 17.4. The fourth-order valence-electron chi connectivity index (χ4n) is 4.43. The van der Waals surface area contributed by atoms with E-state index in [-0.39, 0.29) is 24.2 Å². The van der Waals surface area contributed by atoms with Crippen LogP contribution in [0.25, 0.3) is 26.9 Å². The van der Waals surface area contributed by atoms with Crippen molar-refractivity contribution in [2.45, 2.75) is 19.4 Å². The molecule has 5 rings (SSSR count). The molecule has 1 aliphatic heterocycles. The van der Waals surface area contributed by atoms with E-state index in [0.29, 0.717) is 12.1 Å². The molecule has 7 heteroatoms. The summed E-state index contributed by atoms with van der Waals surface area (Å²) >= 11 is 1.56. The van der Waals surface area contributed by atoms with Gasteiger partial charge in [0.05, 0.1) is 17.9 Å². The Hall–Kier alpha value is -3.32. The molecule has 1 atom stereocenters. The SMILES string of the molecule is CC1=C(c2csc3cc(-c4ccc(F)cn4)ccc23)C2=CC(F)=CCC2N1CC(=O)O. The fraction of sp³-hybridized carbons (Fsp3) is 0.167. The molecule has 0 radical (unpaired) electrons. The number of nitrogens with zero attached hydrogens (tertiary/aromatic N) is 2. The van der Waals surface area contributed by atoms with Crippen molar-refractivity contribution in [3.05, 3.63) is 82.5 Å². The molecule has 4 nitrogen and oxygen atoms in total. The minimum atomic E-state index is -0.915. The van der Waals surface area contributed by atoms with Crippen LogP contribution >= 0.6 is 11.3 Å². The van der Waals surface area contributed by atoms with Gasteiger partial charge in [0.2, 0.25) is 0 Å². The number of pyridine rings is 1. The molecule has 0 saturated carbocycles. The highest BCUT2D eigenvalue weighted by atomic mass is 32.1. The van der Waals surface area contributed by atoms with Gasteiger partial charge in [-0.1, -0.05) is 12.1 Å². The van der Waals surface area contributed by atoms with Gasteiger partial charge in [0.1, 0.15) is 18.2 Å². The van der Waals surface area contributed by atoms with Gasteiger partial charge in [0, 0.05) is 32.5 Å². The van der Waals surface area contributed by atoms with Crippen LogP contribution in [0.1, 0.15) is 18.9 Å². The van der Waals surface area contributed by atoms with E-state index in [1.165, 1.54) is 24.4 Å². The number of hydrogen-bond acceptors (Lipinski definition) is 4. The molecule has 0 spiro atoms. The minimum Gasteiger partial charge on any atom is -0.480 e. The predicted molar refractivity (Wildman–Crippen MR) is 118 cm³/mol. The molecule has 1 N–H and O–H groups in total. The molecule has 3 heterocycles. The lowest BCUT2D eigenvalue weighted by molar-refractivity contribution is -0.138. The zero-order valence-electron chi connectivity index (χ0n) is 16.6. The van der Waals surface area contributed by atoms with Crippen LogP contribution in [0.5, 0.6) is 0 Å². The number of allylic oxidation sites excluding steroid dienone is 3. The van der Waals surface area contributed by atoms with Gasteiger partial charge >= 0.3 is 5.97 Å². The Morgan fingerprint density at radius 1 is 1.29 bits per heavy atom. The predicted octanol–water partition coefficient (Wildman–Crippen LogP) is 5.79. The van der Waals surface area contributed by atoms with Crippen molar-refractivity contribution in [2.75, 3.05) is 6.54 Å². The molecule has 2 aromatic heterocycles. The zero-order chi connectivity index (χ0) is 21.7. The molecule has 156 valence electrons. The van der Waals surface area contributed by atoms with Gasteiger partial charge in [-0.15, -0.1) is 11.3 Å². The molecule has 3 aromatic rings. The van der Waals surface area contributed by atoms with Gasteiger partial charge in [0.25, 0.3) is 0 Å². The highest BCUT2D eigenvalue weighted by Crippen LogP contribution is 2.47. The summed E-state index contributed by atoms with van der Waals surface area (Å²) in [6.45, 7) is 1.77. The van der Waals surface area contributed by atoms with Crippen LogP contribution < -0.4 is 0 Å². The van der Waals surface area contributed by atoms with Crippen molar-refractivity contribution in [2.24, 2.45) is 0 Å². The van der Waals surface area contributed by atoms with Crippen molar-refractivity contribution in [1.82, 2.24) is 9.88 Å². The average molecular weight is 436 g/mol. The third-order valence-corrected chi connectivity index (χ3v) is 6.76. The first kappa shape index (κ1) is 19.6. The van der Waals surface area contributed by atoms with Crippen LogP contribution in [-0.2, 0) is 4.79 Å². The first-order valence-corrected chi connectivity index (χ1v) is 10.7. The summed E-state index contributed by atoms with van der Waals surface area (Å²) < 4.78 is 28.4. The van der Waals surface area contributed by atoms with E-state index in [4.69, 9.17) is 0 Å². The van der Waals surface area contributed by atoms with Crippen molar-refractivity contribution < 1.29 is 18.7 Å². The Balaban J connectivity index is 1.62. The third-order valence-electron chi connectivity index (χ3n) is 5.82. The summed E-state index contributed by atoms with van der Waals surface area (Å²) in [7, 11) is 0. The molecule has 0 bridgehead atoms. The van der Waals surface area contributed by atoms with Crippen LogP contribution in [-0.4, -0.2) is 33.5 Å². The van der Waals surface area contributed by atoms with E-state index in [2.05, 4.69) is 4.98 Å². The number of rotatable bonds is 4. The van der Waals surface area contributed by atoms with Crippen molar-refractivity contribution in [3.63, 3.8) is 0 Å². The number of carboxylic acids is 1. The van der Waals surface area contributed by atoms with Gasteiger partial charge < -0.3 is 10.0 Å². The smallest absolute Gasteiger partial charge is 0.323 e. The molecule has 1 aromatic carbocycles. The lowest BCUT2D eigenvalue weighted by atomic mass is 9.90. The van der Waals surface area contributed by atoms with E-state index in [0.717, 1.165) is 38.1 Å². The van der Waals surface area contributed by atoms with Crippen LogP contribution in [0.4, 0.5) is 8.78 Å². The number of aliphatic carboxylic acids is 1. The fourth-order valence-corrected chi connectivity index (χ4v) is 5.42. The van der Waals surface area contributed by atoms with Crippen LogP contribution in [0.2, 0.25) is 0 Å². The van der Waals surface area contributed by atoms with Gasteiger partial charge in [-0.2, -0.15) is 0 Å². The minimum absolute atomic E-state index is 0.130. The number of carboxylic acid groups (broad SMARTS) is 1. The normalized spacial score (nSPS) is 18.3. The quantitative estimate of drug-likeness (QED) is 0.563.